The van der Waals surface area contributed by atoms with E-state index in [2.05, 4.69) is 36.9 Å². The van der Waals surface area contributed by atoms with Crippen molar-refractivity contribution in [2.75, 3.05) is 13.6 Å². The minimum absolute atomic E-state index is 0.0178. The summed E-state index contributed by atoms with van der Waals surface area (Å²) in [5.41, 5.74) is 3.71. The summed E-state index contributed by atoms with van der Waals surface area (Å²) >= 11 is 0. The second kappa shape index (κ2) is 8.84. The number of hydrogen-bond donors (Lipinski definition) is 0. The Morgan fingerprint density at radius 3 is 2.50 bits per heavy atom. The lowest BCUT2D eigenvalue weighted by atomic mass is 9.92. The van der Waals surface area contributed by atoms with E-state index in [1.807, 2.05) is 20.9 Å². The van der Waals surface area contributed by atoms with Crippen molar-refractivity contribution in [2.45, 2.75) is 53.0 Å². The van der Waals surface area contributed by atoms with Gasteiger partial charge in [-0.25, -0.2) is 0 Å². The molecule has 1 atom stereocenters. The Bertz CT molecular complexity index is 508. The molecule has 0 aliphatic rings. The van der Waals surface area contributed by atoms with Gasteiger partial charge in [-0.1, -0.05) is 37.6 Å². The number of rotatable bonds is 9. The molecule has 3 heteroatoms. The van der Waals surface area contributed by atoms with E-state index in [0.717, 1.165) is 25.7 Å². The smallest absolute Gasteiger partial charge is 0.152 e. The summed E-state index contributed by atoms with van der Waals surface area (Å²) in [6.07, 6.45) is 3.03. The van der Waals surface area contributed by atoms with Gasteiger partial charge in [0.15, 0.2) is 5.78 Å². The van der Waals surface area contributed by atoms with Gasteiger partial charge in [0, 0.05) is 12.3 Å². The SMILES string of the molecule is Cc1ccc(CC(C(=O)C(C)C)N(C)CCCC=O)c(C)c1. The molecule has 0 spiro atoms. The highest BCUT2D eigenvalue weighted by molar-refractivity contribution is 5.86. The molecule has 0 aliphatic heterocycles. The molecule has 0 radical (unpaired) electrons. The van der Waals surface area contributed by atoms with Crippen LogP contribution in [-0.2, 0) is 16.0 Å². The van der Waals surface area contributed by atoms with Crippen molar-refractivity contribution in [2.24, 2.45) is 5.92 Å². The van der Waals surface area contributed by atoms with Gasteiger partial charge in [-0.05, 0) is 51.4 Å². The summed E-state index contributed by atoms with van der Waals surface area (Å²) < 4.78 is 0. The summed E-state index contributed by atoms with van der Waals surface area (Å²) in [5, 5.41) is 0. The van der Waals surface area contributed by atoms with Crippen molar-refractivity contribution in [3.8, 4) is 0 Å². The van der Waals surface area contributed by atoms with E-state index in [1.54, 1.807) is 0 Å². The van der Waals surface area contributed by atoms with E-state index in [0.29, 0.717) is 6.42 Å². The Morgan fingerprint density at radius 2 is 1.95 bits per heavy atom. The minimum Gasteiger partial charge on any atom is -0.303 e. The van der Waals surface area contributed by atoms with Gasteiger partial charge in [-0.2, -0.15) is 0 Å². The topological polar surface area (TPSA) is 37.4 Å². The first-order valence-corrected chi connectivity index (χ1v) is 8.10. The summed E-state index contributed by atoms with van der Waals surface area (Å²) in [5.74, 6) is 0.290. The molecular formula is C19H29NO2. The van der Waals surface area contributed by atoms with Crippen molar-refractivity contribution in [1.82, 2.24) is 4.90 Å². The monoisotopic (exact) mass is 303 g/mol. The molecule has 122 valence electrons. The van der Waals surface area contributed by atoms with Crippen LogP contribution in [0.3, 0.4) is 0 Å². The predicted octanol–water partition coefficient (Wildman–Crippen LogP) is 3.35. The number of aryl methyl sites for hydroxylation is 2. The molecule has 1 rings (SSSR count). The van der Waals surface area contributed by atoms with Crippen LogP contribution in [0.5, 0.6) is 0 Å². The minimum atomic E-state index is -0.118. The van der Waals surface area contributed by atoms with Crippen LogP contribution in [0.4, 0.5) is 0 Å². The fraction of sp³-hybridized carbons (Fsp3) is 0.579. The third kappa shape index (κ3) is 5.38. The summed E-state index contributed by atoms with van der Waals surface area (Å²) in [4.78, 5) is 25.2. The average Bonchev–Trinajstić information content (AvgIpc) is 2.45. The predicted molar refractivity (Wildman–Crippen MR) is 91.2 cm³/mol. The standard InChI is InChI=1S/C19H29NO2/c1-14(2)19(22)18(20(5)10-6-7-11-21)13-17-9-8-15(3)12-16(17)4/h8-9,11-12,14,18H,6-7,10,13H2,1-5H3. The highest BCUT2D eigenvalue weighted by Crippen LogP contribution is 2.17. The fourth-order valence-electron chi connectivity index (χ4n) is 2.72. The number of carbonyl (C=O) groups excluding carboxylic acids is 2. The van der Waals surface area contributed by atoms with Crippen molar-refractivity contribution < 1.29 is 9.59 Å². The van der Waals surface area contributed by atoms with Gasteiger partial charge in [0.25, 0.3) is 0 Å². The third-order valence-corrected chi connectivity index (χ3v) is 4.17. The fourth-order valence-corrected chi connectivity index (χ4v) is 2.72. The lowest BCUT2D eigenvalue weighted by Gasteiger charge is -2.29. The highest BCUT2D eigenvalue weighted by atomic mass is 16.1. The Labute approximate surface area is 134 Å². The van der Waals surface area contributed by atoms with Crippen LogP contribution in [0.15, 0.2) is 18.2 Å². The molecule has 0 fully saturated rings. The van der Waals surface area contributed by atoms with Gasteiger partial charge >= 0.3 is 0 Å². The maximum absolute atomic E-state index is 12.6. The highest BCUT2D eigenvalue weighted by Gasteiger charge is 2.25. The van der Waals surface area contributed by atoms with E-state index in [1.165, 1.54) is 16.7 Å². The van der Waals surface area contributed by atoms with Crippen molar-refractivity contribution >= 4 is 12.1 Å². The van der Waals surface area contributed by atoms with Gasteiger partial charge in [0.1, 0.15) is 6.29 Å². The number of unbranched alkanes of at least 4 members (excludes halogenated alkanes) is 1. The molecule has 1 aromatic carbocycles. The molecule has 0 bridgehead atoms. The second-order valence-corrected chi connectivity index (χ2v) is 6.50. The van der Waals surface area contributed by atoms with Crippen molar-refractivity contribution in [3.63, 3.8) is 0 Å². The number of ketones is 1. The van der Waals surface area contributed by atoms with Crippen molar-refractivity contribution in [3.05, 3.63) is 34.9 Å². The number of aldehydes is 1. The van der Waals surface area contributed by atoms with Gasteiger partial charge in [0.05, 0.1) is 6.04 Å². The molecule has 0 N–H and O–H groups in total. The maximum atomic E-state index is 12.6. The molecule has 0 heterocycles. The lowest BCUT2D eigenvalue weighted by molar-refractivity contribution is -0.126. The lowest BCUT2D eigenvalue weighted by Crippen LogP contribution is -2.42. The zero-order valence-electron chi connectivity index (χ0n) is 14.6. The quantitative estimate of drug-likeness (QED) is 0.518. The van der Waals surface area contributed by atoms with E-state index in [-0.39, 0.29) is 17.7 Å². The summed E-state index contributed by atoms with van der Waals surface area (Å²) in [7, 11) is 1.99. The molecule has 0 aromatic heterocycles. The van der Waals surface area contributed by atoms with Crippen LogP contribution < -0.4 is 0 Å². The molecular weight excluding hydrogens is 274 g/mol. The van der Waals surface area contributed by atoms with Crippen LogP contribution in [0, 0.1) is 19.8 Å². The second-order valence-electron chi connectivity index (χ2n) is 6.50. The van der Waals surface area contributed by atoms with Gasteiger partial charge in [-0.3, -0.25) is 9.69 Å². The number of likely N-dealkylation sites (N-methyl/N-ethyl adjacent to an activating group) is 1. The van der Waals surface area contributed by atoms with Crippen molar-refractivity contribution in [1.29, 1.82) is 0 Å². The van der Waals surface area contributed by atoms with Gasteiger partial charge < -0.3 is 4.79 Å². The zero-order valence-corrected chi connectivity index (χ0v) is 14.6. The van der Waals surface area contributed by atoms with E-state index in [4.69, 9.17) is 0 Å². The molecule has 0 aliphatic carbocycles. The van der Waals surface area contributed by atoms with Crippen LogP contribution in [0.1, 0.15) is 43.4 Å². The first kappa shape index (κ1) is 18.6. The Kier molecular flexibility index (Phi) is 7.46. The van der Waals surface area contributed by atoms with E-state index in [9.17, 15) is 9.59 Å². The van der Waals surface area contributed by atoms with Crippen LogP contribution in [-0.4, -0.2) is 36.6 Å². The first-order valence-electron chi connectivity index (χ1n) is 8.10. The molecule has 0 amide bonds. The zero-order chi connectivity index (χ0) is 16.7. The van der Waals surface area contributed by atoms with Crippen LogP contribution in [0.25, 0.3) is 0 Å². The van der Waals surface area contributed by atoms with Gasteiger partial charge in [-0.15, -0.1) is 0 Å². The Hall–Kier alpha value is -1.48. The number of benzene rings is 1. The van der Waals surface area contributed by atoms with E-state index < -0.39 is 0 Å². The summed E-state index contributed by atoms with van der Waals surface area (Å²) in [6, 6.07) is 6.28. The van der Waals surface area contributed by atoms with E-state index >= 15 is 0 Å². The van der Waals surface area contributed by atoms with Crippen LogP contribution in [0.2, 0.25) is 0 Å². The normalized spacial score (nSPS) is 12.7. The summed E-state index contributed by atoms with van der Waals surface area (Å²) in [6.45, 7) is 8.87. The average molecular weight is 303 g/mol. The number of hydrogen-bond acceptors (Lipinski definition) is 3. The Balaban J connectivity index is 2.89. The first-order chi connectivity index (χ1) is 10.4. The number of carbonyl (C=O) groups is 2. The third-order valence-electron chi connectivity index (χ3n) is 4.17. The number of nitrogens with zero attached hydrogens (tertiary/aromatic N) is 1. The molecule has 0 saturated heterocycles. The molecule has 1 unspecified atom stereocenters. The molecule has 0 saturated carbocycles. The number of Topliss-reactive ketones (excluding diaryl/α,β-unsaturated/α-hetero) is 1. The van der Waals surface area contributed by atoms with Gasteiger partial charge in [0.2, 0.25) is 0 Å². The van der Waals surface area contributed by atoms with Crippen LogP contribution >= 0.6 is 0 Å². The molecule has 1 aromatic rings. The largest absolute Gasteiger partial charge is 0.303 e. The molecule has 22 heavy (non-hydrogen) atoms. The maximum Gasteiger partial charge on any atom is 0.152 e. The molecule has 3 nitrogen and oxygen atoms in total. The Morgan fingerprint density at radius 1 is 1.27 bits per heavy atom.